The van der Waals surface area contributed by atoms with Crippen molar-refractivity contribution in [3.8, 4) is 0 Å². The van der Waals surface area contributed by atoms with Crippen LogP contribution < -0.4 is 21.1 Å². The van der Waals surface area contributed by atoms with Crippen molar-refractivity contribution < 1.29 is 24.0 Å². The smallest absolute Gasteiger partial charge is 0.287 e. The lowest BCUT2D eigenvalue weighted by molar-refractivity contribution is -0.136. The number of hydrogen-bond donors (Lipinski definition) is 2. The van der Waals surface area contributed by atoms with Gasteiger partial charge in [0.1, 0.15) is 11.1 Å². The summed E-state index contributed by atoms with van der Waals surface area (Å²) in [6, 6.07) is 11.9. The molecule has 1 unspecified atom stereocenters. The molecule has 2 N–H and O–H groups in total. The van der Waals surface area contributed by atoms with Gasteiger partial charge in [0, 0.05) is 58.3 Å². The fourth-order valence-electron chi connectivity index (χ4n) is 8.80. The molecule has 1 aromatic heterocycles. The average Bonchev–Trinajstić information content (AvgIpc) is 3.44. The van der Waals surface area contributed by atoms with Crippen LogP contribution in [-0.2, 0) is 16.6 Å². The van der Waals surface area contributed by atoms with Crippen molar-refractivity contribution in [2.24, 2.45) is 12.5 Å². The van der Waals surface area contributed by atoms with Crippen LogP contribution in [0.4, 0.5) is 11.4 Å². The number of piperidine rings is 3. The van der Waals surface area contributed by atoms with E-state index in [2.05, 4.69) is 31.6 Å². The quantitative estimate of drug-likeness (QED) is 0.358. The topological polar surface area (TPSA) is 157 Å². The van der Waals surface area contributed by atoms with Gasteiger partial charge in [0.15, 0.2) is 0 Å². The number of imide groups is 2. The number of nitrogens with zero attached hydrogens (tertiary/aromatic N) is 6. The van der Waals surface area contributed by atoms with Crippen LogP contribution in [0.15, 0.2) is 59.5 Å². The van der Waals surface area contributed by atoms with Crippen molar-refractivity contribution in [3.05, 3.63) is 92.4 Å². The third-order valence-electron chi connectivity index (χ3n) is 12.0. The van der Waals surface area contributed by atoms with Crippen LogP contribution in [0.3, 0.4) is 0 Å². The van der Waals surface area contributed by atoms with Crippen LogP contribution >= 0.6 is 11.6 Å². The summed E-state index contributed by atoms with van der Waals surface area (Å²) in [5.41, 5.74) is 4.30. The number of halogens is 1. The molecule has 14 nitrogen and oxygen atoms in total. The Labute approximate surface area is 323 Å². The number of benzene rings is 2. The molecule has 0 radical (unpaired) electrons. The van der Waals surface area contributed by atoms with Crippen molar-refractivity contribution in [3.63, 3.8) is 0 Å². The summed E-state index contributed by atoms with van der Waals surface area (Å²) in [5, 5.41) is 9.79. The lowest BCUT2D eigenvalue weighted by atomic mass is 9.71. The van der Waals surface area contributed by atoms with Crippen molar-refractivity contribution >= 4 is 58.1 Å². The van der Waals surface area contributed by atoms with Gasteiger partial charge in [0.05, 0.1) is 34.7 Å². The summed E-state index contributed by atoms with van der Waals surface area (Å²) in [6.07, 6.45) is 7.46. The van der Waals surface area contributed by atoms with E-state index in [1.54, 1.807) is 25.4 Å². The van der Waals surface area contributed by atoms with E-state index in [0.717, 1.165) is 54.8 Å². The van der Waals surface area contributed by atoms with E-state index < -0.39 is 29.7 Å². The van der Waals surface area contributed by atoms with Gasteiger partial charge in [0.25, 0.3) is 23.3 Å². The van der Waals surface area contributed by atoms with E-state index in [1.807, 2.05) is 42.3 Å². The molecule has 3 fully saturated rings. The van der Waals surface area contributed by atoms with Gasteiger partial charge in [-0.2, -0.15) is 5.10 Å². The molecule has 2 atom stereocenters. The maximum Gasteiger partial charge on any atom is 0.287 e. The number of aromatic nitrogens is 2. The summed E-state index contributed by atoms with van der Waals surface area (Å²) < 4.78 is 1.20. The molecule has 0 saturated carbocycles. The predicted molar refractivity (Wildman–Crippen MR) is 206 cm³/mol. The molecule has 3 aromatic rings. The van der Waals surface area contributed by atoms with Crippen molar-refractivity contribution in [2.45, 2.75) is 50.6 Å². The minimum absolute atomic E-state index is 0.0181. The maximum atomic E-state index is 13.7. The first-order valence-corrected chi connectivity index (χ1v) is 19.2. The Morgan fingerprint density at radius 1 is 0.927 bits per heavy atom. The van der Waals surface area contributed by atoms with E-state index in [1.165, 1.54) is 4.68 Å². The zero-order chi connectivity index (χ0) is 38.6. The monoisotopic (exact) mass is 766 g/mol. The van der Waals surface area contributed by atoms with Crippen LogP contribution in [0.1, 0.15) is 75.2 Å². The average molecular weight is 767 g/mol. The van der Waals surface area contributed by atoms with Crippen molar-refractivity contribution in [2.75, 3.05) is 56.5 Å². The highest BCUT2D eigenvalue weighted by Gasteiger charge is 2.47. The molecule has 0 bridgehead atoms. The van der Waals surface area contributed by atoms with E-state index in [4.69, 9.17) is 11.6 Å². The Hall–Kier alpha value is -5.34. The normalized spacial score (nSPS) is 22.8. The molecule has 3 saturated heterocycles. The van der Waals surface area contributed by atoms with Gasteiger partial charge in [-0.05, 0) is 80.0 Å². The number of carbonyl (C=O) groups is 5. The Balaban J connectivity index is 0.878. The van der Waals surface area contributed by atoms with Crippen molar-refractivity contribution in [1.29, 1.82) is 0 Å². The largest absolute Gasteiger partial charge is 0.375 e. The molecule has 5 aliphatic heterocycles. The van der Waals surface area contributed by atoms with Crippen LogP contribution in [0.2, 0.25) is 5.02 Å². The molecule has 0 aliphatic carbocycles. The molecular weight excluding hydrogens is 724 g/mol. The highest BCUT2D eigenvalue weighted by molar-refractivity contribution is 6.33. The lowest BCUT2D eigenvalue weighted by Gasteiger charge is -2.47. The Bertz CT molecular complexity index is 2180. The van der Waals surface area contributed by atoms with Gasteiger partial charge >= 0.3 is 0 Å². The molecular formula is C40H43ClN8O6. The Kier molecular flexibility index (Phi) is 9.58. The minimum Gasteiger partial charge on any atom is -0.375 e. The molecule has 286 valence electrons. The first kappa shape index (κ1) is 36.6. The van der Waals surface area contributed by atoms with Crippen LogP contribution in [0.25, 0.3) is 5.57 Å². The number of amides is 5. The van der Waals surface area contributed by atoms with E-state index >= 15 is 0 Å². The maximum absolute atomic E-state index is 13.7. The second-order valence-electron chi connectivity index (χ2n) is 15.4. The number of anilines is 2. The van der Waals surface area contributed by atoms with Gasteiger partial charge in [-0.15, -0.1) is 0 Å². The fourth-order valence-corrected chi connectivity index (χ4v) is 9.03. The molecule has 5 amide bonds. The van der Waals surface area contributed by atoms with Gasteiger partial charge in [-0.1, -0.05) is 35.9 Å². The molecule has 8 rings (SSSR count). The SMILES string of the molecule is CN1CC(c2ccc(C(=O)N3CCC4(CC3)CCN(c3cccc5c3C(=O)N(C3CCC(=O)NC3=O)C5=O)CC4)cc2)=C[C@@H](Nc2cnn(C)c(=O)c2Cl)C1. The summed E-state index contributed by atoms with van der Waals surface area (Å²) in [5.74, 6) is -2.00. The zero-order valence-electron chi connectivity index (χ0n) is 30.8. The number of carbonyl (C=O) groups excluding carboxylic acids is 5. The number of likely N-dealkylation sites (tertiary alicyclic amines) is 1. The standard InChI is InChI=1S/C40H43ClN8O6/c1-45-22-26(20-27(23-45)43-29-21-42-46(2)39(55)34(29)41)24-6-8-25(9-7-24)36(52)48-18-14-40(15-19-48)12-16-47(17-13-40)30-5-3-4-28-33(30)38(54)49(37(28)53)31-10-11-32(50)44-35(31)51/h3-9,20-21,27,31,43H,10-19,22-23H2,1-2H3,(H,44,50,51)/t27-,31?/m1/s1. The highest BCUT2D eigenvalue weighted by atomic mass is 35.5. The molecule has 1 spiro atoms. The Morgan fingerprint density at radius 2 is 1.64 bits per heavy atom. The number of likely N-dealkylation sites (N-methyl/N-ethyl adjacent to an activating group) is 1. The van der Waals surface area contributed by atoms with Crippen LogP contribution in [-0.4, -0.2) is 112 Å². The van der Waals surface area contributed by atoms with Crippen molar-refractivity contribution in [1.82, 2.24) is 29.8 Å². The van der Waals surface area contributed by atoms with Crippen LogP contribution in [0.5, 0.6) is 0 Å². The second-order valence-corrected chi connectivity index (χ2v) is 15.8. The summed E-state index contributed by atoms with van der Waals surface area (Å²) >= 11 is 6.30. The van der Waals surface area contributed by atoms with E-state index in [0.29, 0.717) is 48.7 Å². The fraction of sp³-hybridized carbons (Fsp3) is 0.425. The third kappa shape index (κ3) is 6.82. The summed E-state index contributed by atoms with van der Waals surface area (Å²) in [6.45, 7) is 4.21. The molecule has 2 aromatic carbocycles. The predicted octanol–water partition coefficient (Wildman–Crippen LogP) is 3.17. The summed E-state index contributed by atoms with van der Waals surface area (Å²) in [4.78, 5) is 84.6. The lowest BCUT2D eigenvalue weighted by Crippen LogP contribution is -2.54. The van der Waals surface area contributed by atoms with E-state index in [-0.39, 0.29) is 46.4 Å². The number of nitrogens with one attached hydrogen (secondary N) is 2. The molecule has 15 heteroatoms. The molecule has 55 heavy (non-hydrogen) atoms. The second kappa shape index (κ2) is 14.4. The van der Waals surface area contributed by atoms with Gasteiger partial charge in [0.2, 0.25) is 11.8 Å². The van der Waals surface area contributed by atoms with Gasteiger partial charge < -0.3 is 15.1 Å². The number of fused-ring (bicyclic) bond motifs is 1. The zero-order valence-corrected chi connectivity index (χ0v) is 31.6. The highest BCUT2D eigenvalue weighted by Crippen LogP contribution is 2.44. The van der Waals surface area contributed by atoms with Crippen LogP contribution in [0, 0.1) is 5.41 Å². The minimum atomic E-state index is -1.00. The number of aryl methyl sites for hydroxylation is 1. The first-order valence-electron chi connectivity index (χ1n) is 18.8. The van der Waals surface area contributed by atoms with E-state index in [9.17, 15) is 28.8 Å². The van der Waals surface area contributed by atoms with Gasteiger partial charge in [-0.25, -0.2) is 4.68 Å². The summed E-state index contributed by atoms with van der Waals surface area (Å²) in [7, 11) is 3.59. The number of hydrogen-bond acceptors (Lipinski definition) is 10. The molecule has 5 aliphatic rings. The third-order valence-corrected chi connectivity index (χ3v) is 12.4. The van der Waals surface area contributed by atoms with Gasteiger partial charge in [-0.3, -0.25) is 43.9 Å². The first-order chi connectivity index (χ1) is 26.4. The number of rotatable bonds is 6. The Morgan fingerprint density at radius 3 is 2.35 bits per heavy atom. The molecule has 6 heterocycles.